The van der Waals surface area contributed by atoms with Crippen molar-refractivity contribution in [2.45, 2.75) is 33.1 Å². The van der Waals surface area contributed by atoms with Gasteiger partial charge in [0.2, 0.25) is 0 Å². The van der Waals surface area contributed by atoms with E-state index >= 15 is 0 Å². The fourth-order valence-corrected chi connectivity index (χ4v) is 1.84. The lowest BCUT2D eigenvalue weighted by Gasteiger charge is -2.23. The van der Waals surface area contributed by atoms with Gasteiger partial charge in [0.25, 0.3) is 0 Å². The van der Waals surface area contributed by atoms with E-state index in [1.54, 1.807) is 7.11 Å². The lowest BCUT2D eigenvalue weighted by atomic mass is 9.87. The standard InChI is InChI=1S/C15H20O2S/c1-15(2,14(18)17-3)10-9-13(16)11-12-7-5-4-6-8-12/h4-8H,9-11H2,1-3H3. The predicted octanol–water partition coefficient (Wildman–Crippen LogP) is 3.58. The highest BCUT2D eigenvalue weighted by atomic mass is 32.1. The Morgan fingerprint density at radius 3 is 2.44 bits per heavy atom. The van der Waals surface area contributed by atoms with E-state index in [2.05, 4.69) is 0 Å². The zero-order chi connectivity index (χ0) is 13.6. The lowest BCUT2D eigenvalue weighted by Crippen LogP contribution is -2.25. The number of thiocarbonyl (C=S) groups is 1. The monoisotopic (exact) mass is 264 g/mol. The summed E-state index contributed by atoms with van der Waals surface area (Å²) in [6, 6.07) is 9.80. The second kappa shape index (κ2) is 6.64. The Hall–Kier alpha value is -1.22. The Kier molecular flexibility index (Phi) is 5.48. The van der Waals surface area contributed by atoms with Gasteiger partial charge in [-0.2, -0.15) is 0 Å². The number of ketones is 1. The lowest BCUT2D eigenvalue weighted by molar-refractivity contribution is -0.118. The molecule has 0 saturated carbocycles. The van der Waals surface area contributed by atoms with E-state index in [0.717, 1.165) is 12.0 Å². The Bertz CT molecular complexity index is 410. The average molecular weight is 264 g/mol. The summed E-state index contributed by atoms with van der Waals surface area (Å²) in [6.07, 6.45) is 1.76. The normalized spacial score (nSPS) is 11.1. The van der Waals surface area contributed by atoms with Crippen LogP contribution >= 0.6 is 12.2 Å². The molecule has 3 heteroatoms. The zero-order valence-electron chi connectivity index (χ0n) is 11.2. The summed E-state index contributed by atoms with van der Waals surface area (Å²) in [6.45, 7) is 4.02. The smallest absolute Gasteiger partial charge is 0.164 e. The Morgan fingerprint density at radius 1 is 1.28 bits per heavy atom. The van der Waals surface area contributed by atoms with Gasteiger partial charge in [-0.05, 0) is 24.2 Å². The quantitative estimate of drug-likeness (QED) is 0.735. The van der Waals surface area contributed by atoms with Crippen molar-refractivity contribution in [3.05, 3.63) is 35.9 Å². The minimum Gasteiger partial charge on any atom is -0.490 e. The number of benzene rings is 1. The molecule has 18 heavy (non-hydrogen) atoms. The van der Waals surface area contributed by atoms with Crippen molar-refractivity contribution in [2.75, 3.05) is 7.11 Å². The Balaban J connectivity index is 2.45. The van der Waals surface area contributed by atoms with Crippen LogP contribution in [0.5, 0.6) is 0 Å². The molecule has 0 aliphatic rings. The topological polar surface area (TPSA) is 26.3 Å². The predicted molar refractivity (Wildman–Crippen MR) is 77.8 cm³/mol. The molecular weight excluding hydrogens is 244 g/mol. The third-order valence-electron chi connectivity index (χ3n) is 3.01. The highest BCUT2D eigenvalue weighted by Gasteiger charge is 2.25. The molecule has 0 saturated heterocycles. The summed E-state index contributed by atoms with van der Waals surface area (Å²) in [4.78, 5) is 11.9. The molecule has 0 spiro atoms. The number of rotatable bonds is 6. The zero-order valence-corrected chi connectivity index (χ0v) is 12.0. The Labute approximate surface area is 114 Å². The number of hydrogen-bond acceptors (Lipinski definition) is 3. The van der Waals surface area contributed by atoms with Gasteiger partial charge in [0.15, 0.2) is 5.05 Å². The molecule has 0 N–H and O–H groups in total. The maximum absolute atomic E-state index is 11.9. The minimum absolute atomic E-state index is 0.226. The number of ether oxygens (including phenoxy) is 1. The number of carbonyl (C=O) groups is 1. The SMILES string of the molecule is COC(=S)C(C)(C)CCC(=O)Cc1ccccc1. The van der Waals surface area contributed by atoms with E-state index < -0.39 is 0 Å². The van der Waals surface area contributed by atoms with E-state index in [-0.39, 0.29) is 11.2 Å². The molecule has 1 aromatic carbocycles. The van der Waals surface area contributed by atoms with Gasteiger partial charge < -0.3 is 4.74 Å². The van der Waals surface area contributed by atoms with E-state index in [0.29, 0.717) is 17.9 Å². The van der Waals surface area contributed by atoms with Gasteiger partial charge in [-0.15, -0.1) is 0 Å². The van der Waals surface area contributed by atoms with Crippen LogP contribution in [0.3, 0.4) is 0 Å². The molecule has 0 unspecified atom stereocenters. The summed E-state index contributed by atoms with van der Waals surface area (Å²) in [5.74, 6) is 0.244. The third kappa shape index (κ3) is 4.57. The fourth-order valence-electron chi connectivity index (χ4n) is 1.74. The molecule has 0 amide bonds. The molecule has 0 heterocycles. The second-order valence-electron chi connectivity index (χ2n) is 5.08. The molecule has 0 radical (unpaired) electrons. The van der Waals surface area contributed by atoms with Crippen molar-refractivity contribution >= 4 is 23.1 Å². The van der Waals surface area contributed by atoms with Gasteiger partial charge in [0, 0.05) is 18.3 Å². The van der Waals surface area contributed by atoms with Gasteiger partial charge in [0.1, 0.15) is 5.78 Å². The molecule has 1 rings (SSSR count). The molecule has 98 valence electrons. The van der Waals surface area contributed by atoms with Crippen LogP contribution in [0.2, 0.25) is 0 Å². The van der Waals surface area contributed by atoms with Crippen molar-refractivity contribution in [3.8, 4) is 0 Å². The van der Waals surface area contributed by atoms with Crippen molar-refractivity contribution < 1.29 is 9.53 Å². The van der Waals surface area contributed by atoms with Gasteiger partial charge >= 0.3 is 0 Å². The van der Waals surface area contributed by atoms with Crippen LogP contribution in [0.4, 0.5) is 0 Å². The van der Waals surface area contributed by atoms with E-state index in [9.17, 15) is 4.79 Å². The van der Waals surface area contributed by atoms with Gasteiger partial charge in [-0.1, -0.05) is 44.2 Å². The molecule has 2 nitrogen and oxygen atoms in total. The van der Waals surface area contributed by atoms with Crippen molar-refractivity contribution in [2.24, 2.45) is 5.41 Å². The number of carbonyl (C=O) groups excluding carboxylic acids is 1. The molecule has 0 fully saturated rings. The van der Waals surface area contributed by atoms with E-state index in [4.69, 9.17) is 17.0 Å². The van der Waals surface area contributed by atoms with Crippen LogP contribution in [-0.2, 0) is 16.0 Å². The summed E-state index contributed by atoms with van der Waals surface area (Å²) in [5, 5.41) is 0.565. The number of methoxy groups -OCH3 is 1. The highest BCUT2D eigenvalue weighted by Crippen LogP contribution is 2.25. The van der Waals surface area contributed by atoms with Crippen LogP contribution < -0.4 is 0 Å². The molecule has 0 aromatic heterocycles. The number of hydrogen-bond donors (Lipinski definition) is 0. The fraction of sp³-hybridized carbons (Fsp3) is 0.467. The van der Waals surface area contributed by atoms with Gasteiger partial charge in [-0.25, -0.2) is 0 Å². The summed E-state index contributed by atoms with van der Waals surface area (Å²) in [5.41, 5.74) is 0.839. The van der Waals surface area contributed by atoms with E-state index in [1.807, 2.05) is 44.2 Å². The molecular formula is C15H20O2S. The van der Waals surface area contributed by atoms with Crippen LogP contribution in [0.25, 0.3) is 0 Å². The van der Waals surface area contributed by atoms with Crippen LogP contribution in [0, 0.1) is 5.41 Å². The first-order chi connectivity index (χ1) is 8.45. The highest BCUT2D eigenvalue weighted by molar-refractivity contribution is 7.80. The van der Waals surface area contributed by atoms with Crippen molar-refractivity contribution in [1.82, 2.24) is 0 Å². The van der Waals surface area contributed by atoms with E-state index in [1.165, 1.54) is 0 Å². The first-order valence-electron chi connectivity index (χ1n) is 6.10. The first-order valence-corrected chi connectivity index (χ1v) is 6.50. The molecule has 0 aliphatic heterocycles. The van der Waals surface area contributed by atoms with Gasteiger partial charge in [0.05, 0.1) is 7.11 Å². The summed E-state index contributed by atoms with van der Waals surface area (Å²) in [7, 11) is 1.58. The maximum Gasteiger partial charge on any atom is 0.164 e. The summed E-state index contributed by atoms with van der Waals surface area (Å²) < 4.78 is 5.09. The average Bonchev–Trinajstić information content (AvgIpc) is 2.36. The second-order valence-corrected chi connectivity index (χ2v) is 5.45. The maximum atomic E-state index is 11.9. The van der Waals surface area contributed by atoms with Gasteiger partial charge in [-0.3, -0.25) is 4.79 Å². The van der Waals surface area contributed by atoms with Crippen LogP contribution in [0.1, 0.15) is 32.3 Å². The third-order valence-corrected chi connectivity index (χ3v) is 3.73. The van der Waals surface area contributed by atoms with Crippen molar-refractivity contribution in [1.29, 1.82) is 0 Å². The summed E-state index contributed by atoms with van der Waals surface area (Å²) >= 11 is 5.14. The van der Waals surface area contributed by atoms with Crippen molar-refractivity contribution in [3.63, 3.8) is 0 Å². The first kappa shape index (κ1) is 14.8. The van der Waals surface area contributed by atoms with Crippen LogP contribution in [0.15, 0.2) is 30.3 Å². The molecule has 0 atom stereocenters. The molecule has 0 bridgehead atoms. The Morgan fingerprint density at radius 2 is 1.89 bits per heavy atom. The largest absolute Gasteiger partial charge is 0.490 e. The molecule has 1 aromatic rings. The minimum atomic E-state index is -0.226. The number of Topliss-reactive ketones (excluding diaryl/α,β-unsaturated/α-hetero) is 1. The molecule has 0 aliphatic carbocycles. The van der Waals surface area contributed by atoms with Crippen LogP contribution in [-0.4, -0.2) is 17.9 Å².